The number of aliphatic carboxylic acids is 1. The first kappa shape index (κ1) is 16.1. The van der Waals surface area contributed by atoms with E-state index < -0.39 is 12.6 Å². The van der Waals surface area contributed by atoms with Crippen molar-refractivity contribution in [2.24, 2.45) is 0 Å². The molecule has 0 radical (unpaired) electrons. The van der Waals surface area contributed by atoms with Crippen LogP contribution >= 0.6 is 0 Å². The maximum absolute atomic E-state index is 12.2. The van der Waals surface area contributed by atoms with Gasteiger partial charge in [0.2, 0.25) is 0 Å². The standard InChI is InChI=1S/C14H17F2NO3/c1-3-7-17(9-13(18)19)10(2)11-5-4-6-12(8-11)20-14(15)16/h3-6,8,10,14H,1,7,9H2,2H3,(H,18,19). The minimum absolute atomic E-state index is 0.0539. The zero-order chi connectivity index (χ0) is 15.1. The number of carboxylic acids is 1. The van der Waals surface area contributed by atoms with Crippen molar-refractivity contribution in [3.8, 4) is 5.75 Å². The van der Waals surface area contributed by atoms with Gasteiger partial charge in [0, 0.05) is 12.6 Å². The van der Waals surface area contributed by atoms with E-state index in [9.17, 15) is 13.6 Å². The fourth-order valence-electron chi connectivity index (χ4n) is 1.86. The van der Waals surface area contributed by atoms with E-state index in [1.807, 2.05) is 0 Å². The van der Waals surface area contributed by atoms with Crippen LogP contribution in [-0.4, -0.2) is 35.7 Å². The molecule has 0 amide bonds. The fourth-order valence-corrected chi connectivity index (χ4v) is 1.86. The Morgan fingerprint density at radius 1 is 1.55 bits per heavy atom. The highest BCUT2D eigenvalue weighted by molar-refractivity contribution is 5.69. The molecule has 0 aromatic heterocycles. The Kier molecular flexibility index (Phi) is 6.11. The molecule has 1 aromatic rings. The van der Waals surface area contributed by atoms with Gasteiger partial charge in [-0.1, -0.05) is 18.2 Å². The number of nitrogens with zero attached hydrogens (tertiary/aromatic N) is 1. The van der Waals surface area contributed by atoms with Gasteiger partial charge in [-0.15, -0.1) is 6.58 Å². The van der Waals surface area contributed by atoms with E-state index in [0.29, 0.717) is 12.1 Å². The van der Waals surface area contributed by atoms with Crippen molar-refractivity contribution in [1.29, 1.82) is 0 Å². The predicted octanol–water partition coefficient (Wildman–Crippen LogP) is 2.92. The minimum Gasteiger partial charge on any atom is -0.480 e. The van der Waals surface area contributed by atoms with Crippen LogP contribution in [0.4, 0.5) is 8.78 Å². The van der Waals surface area contributed by atoms with Crippen molar-refractivity contribution in [3.63, 3.8) is 0 Å². The van der Waals surface area contributed by atoms with Crippen molar-refractivity contribution in [3.05, 3.63) is 42.5 Å². The van der Waals surface area contributed by atoms with Crippen LogP contribution in [0.1, 0.15) is 18.5 Å². The monoisotopic (exact) mass is 285 g/mol. The zero-order valence-corrected chi connectivity index (χ0v) is 11.1. The smallest absolute Gasteiger partial charge is 0.387 e. The molecular formula is C14H17F2NO3. The highest BCUT2D eigenvalue weighted by atomic mass is 19.3. The summed E-state index contributed by atoms with van der Waals surface area (Å²) in [6, 6.07) is 5.98. The topological polar surface area (TPSA) is 49.8 Å². The normalized spacial score (nSPS) is 12.4. The van der Waals surface area contributed by atoms with Crippen LogP contribution in [0.15, 0.2) is 36.9 Å². The second kappa shape index (κ2) is 7.59. The molecule has 1 N–H and O–H groups in total. The summed E-state index contributed by atoms with van der Waals surface area (Å²) in [6.07, 6.45) is 1.60. The van der Waals surface area contributed by atoms with E-state index in [2.05, 4.69) is 11.3 Å². The molecule has 0 saturated carbocycles. The SMILES string of the molecule is C=CCN(CC(=O)O)C(C)c1cccc(OC(F)F)c1. The van der Waals surface area contributed by atoms with Crippen molar-refractivity contribution in [2.45, 2.75) is 19.6 Å². The molecular weight excluding hydrogens is 268 g/mol. The molecule has 110 valence electrons. The zero-order valence-electron chi connectivity index (χ0n) is 11.1. The van der Waals surface area contributed by atoms with Gasteiger partial charge in [0.25, 0.3) is 0 Å². The first-order chi connectivity index (χ1) is 9.43. The largest absolute Gasteiger partial charge is 0.480 e. The molecule has 20 heavy (non-hydrogen) atoms. The maximum atomic E-state index is 12.2. The summed E-state index contributed by atoms with van der Waals surface area (Å²) < 4.78 is 28.7. The summed E-state index contributed by atoms with van der Waals surface area (Å²) in [6.45, 7) is 2.72. The number of halogens is 2. The summed E-state index contributed by atoms with van der Waals surface area (Å²) in [5.74, 6) is -0.906. The lowest BCUT2D eigenvalue weighted by molar-refractivity contribution is -0.138. The lowest BCUT2D eigenvalue weighted by Crippen LogP contribution is -2.32. The summed E-state index contributed by atoms with van der Waals surface area (Å²) in [5.41, 5.74) is 0.700. The quantitative estimate of drug-likeness (QED) is 0.746. The van der Waals surface area contributed by atoms with E-state index in [4.69, 9.17) is 5.11 Å². The van der Waals surface area contributed by atoms with Gasteiger partial charge in [0.15, 0.2) is 0 Å². The van der Waals surface area contributed by atoms with E-state index in [1.165, 1.54) is 12.1 Å². The van der Waals surface area contributed by atoms with Crippen LogP contribution in [0.2, 0.25) is 0 Å². The molecule has 4 nitrogen and oxygen atoms in total. The number of rotatable bonds is 8. The first-order valence-electron chi connectivity index (χ1n) is 6.05. The van der Waals surface area contributed by atoms with Crippen LogP contribution in [0.25, 0.3) is 0 Å². The van der Waals surface area contributed by atoms with E-state index in [1.54, 1.807) is 30.0 Å². The number of alkyl halides is 2. The third kappa shape index (κ3) is 4.97. The molecule has 0 spiro atoms. The maximum Gasteiger partial charge on any atom is 0.387 e. The van der Waals surface area contributed by atoms with Gasteiger partial charge in [0.1, 0.15) is 5.75 Å². The van der Waals surface area contributed by atoms with Gasteiger partial charge in [-0.05, 0) is 24.6 Å². The van der Waals surface area contributed by atoms with Crippen LogP contribution in [0.5, 0.6) is 5.75 Å². The van der Waals surface area contributed by atoms with Crippen molar-refractivity contribution < 1.29 is 23.4 Å². The molecule has 0 fully saturated rings. The average molecular weight is 285 g/mol. The first-order valence-corrected chi connectivity index (χ1v) is 6.05. The third-order valence-electron chi connectivity index (χ3n) is 2.82. The third-order valence-corrected chi connectivity index (χ3v) is 2.82. The Bertz CT molecular complexity index is 465. The van der Waals surface area contributed by atoms with Crippen LogP contribution in [0.3, 0.4) is 0 Å². The Labute approximate surface area is 116 Å². The van der Waals surface area contributed by atoms with E-state index in [0.717, 1.165) is 0 Å². The number of carbonyl (C=O) groups is 1. The molecule has 0 saturated heterocycles. The Morgan fingerprint density at radius 3 is 2.80 bits per heavy atom. The number of hydrogen-bond donors (Lipinski definition) is 1. The summed E-state index contributed by atoms with van der Waals surface area (Å²) in [4.78, 5) is 12.5. The molecule has 0 aliphatic heterocycles. The average Bonchev–Trinajstić information content (AvgIpc) is 2.36. The summed E-state index contributed by atoms with van der Waals surface area (Å²) >= 11 is 0. The van der Waals surface area contributed by atoms with E-state index >= 15 is 0 Å². The number of hydrogen-bond acceptors (Lipinski definition) is 3. The Balaban J connectivity index is 2.89. The predicted molar refractivity (Wildman–Crippen MR) is 70.9 cm³/mol. The van der Waals surface area contributed by atoms with Gasteiger partial charge in [-0.3, -0.25) is 9.69 Å². The fraction of sp³-hybridized carbons (Fsp3) is 0.357. The van der Waals surface area contributed by atoms with Gasteiger partial charge in [-0.25, -0.2) is 0 Å². The van der Waals surface area contributed by atoms with Crippen LogP contribution in [-0.2, 0) is 4.79 Å². The highest BCUT2D eigenvalue weighted by Gasteiger charge is 2.18. The van der Waals surface area contributed by atoms with E-state index in [-0.39, 0.29) is 18.3 Å². The Hall–Kier alpha value is -1.95. The molecule has 1 unspecified atom stereocenters. The van der Waals surface area contributed by atoms with Gasteiger partial charge >= 0.3 is 12.6 Å². The molecule has 1 atom stereocenters. The van der Waals surface area contributed by atoms with Gasteiger partial charge in [0.05, 0.1) is 6.54 Å². The molecule has 1 rings (SSSR count). The molecule has 1 aromatic carbocycles. The second-order valence-corrected chi connectivity index (χ2v) is 4.24. The van der Waals surface area contributed by atoms with Gasteiger partial charge in [-0.2, -0.15) is 8.78 Å². The molecule has 0 bridgehead atoms. The molecule has 0 heterocycles. The van der Waals surface area contributed by atoms with Crippen molar-refractivity contribution in [1.82, 2.24) is 4.90 Å². The van der Waals surface area contributed by atoms with Crippen LogP contribution < -0.4 is 4.74 Å². The Morgan fingerprint density at radius 2 is 2.25 bits per heavy atom. The number of carboxylic acid groups (broad SMARTS) is 1. The summed E-state index contributed by atoms with van der Waals surface area (Å²) in [7, 11) is 0. The second-order valence-electron chi connectivity index (χ2n) is 4.24. The molecule has 0 aliphatic rings. The highest BCUT2D eigenvalue weighted by Crippen LogP contribution is 2.24. The minimum atomic E-state index is -2.89. The van der Waals surface area contributed by atoms with Gasteiger partial charge < -0.3 is 9.84 Å². The number of benzene rings is 1. The van der Waals surface area contributed by atoms with Crippen molar-refractivity contribution >= 4 is 5.97 Å². The molecule has 0 aliphatic carbocycles. The number of ether oxygens (including phenoxy) is 1. The van der Waals surface area contributed by atoms with Crippen molar-refractivity contribution in [2.75, 3.05) is 13.1 Å². The van der Waals surface area contributed by atoms with Crippen LogP contribution in [0, 0.1) is 0 Å². The lowest BCUT2D eigenvalue weighted by atomic mass is 10.1. The molecule has 6 heteroatoms. The lowest BCUT2D eigenvalue weighted by Gasteiger charge is -2.26. The summed E-state index contributed by atoms with van der Waals surface area (Å²) in [5, 5.41) is 8.88.